The minimum Gasteiger partial charge on any atom is -0.355 e. The summed E-state index contributed by atoms with van der Waals surface area (Å²) in [6.45, 7) is 2.39. The van der Waals surface area contributed by atoms with Crippen LogP contribution in [0.2, 0.25) is 0 Å². The zero-order chi connectivity index (χ0) is 19.1. The maximum Gasteiger partial charge on any atom is 0.224 e. The highest BCUT2D eigenvalue weighted by atomic mass is 16.2. The van der Waals surface area contributed by atoms with Gasteiger partial charge in [-0.3, -0.25) is 19.7 Å². The monoisotopic (exact) mass is 370 g/mol. The molecule has 0 aliphatic heterocycles. The fraction of sp³-hybridized carbons (Fsp3) is 0.526. The number of rotatable bonds is 7. The maximum absolute atomic E-state index is 12.3. The lowest BCUT2D eigenvalue weighted by atomic mass is 9.85. The van der Waals surface area contributed by atoms with Crippen LogP contribution in [0.1, 0.15) is 42.9 Å². The normalized spacial score (nSPS) is 19.4. The maximum atomic E-state index is 12.3. The molecule has 27 heavy (non-hydrogen) atoms. The highest BCUT2D eigenvalue weighted by Gasteiger charge is 2.26. The molecule has 3 N–H and O–H groups in total. The van der Waals surface area contributed by atoms with Crippen molar-refractivity contribution in [2.45, 2.75) is 51.5 Å². The lowest BCUT2D eigenvalue weighted by Crippen LogP contribution is -2.41. The van der Waals surface area contributed by atoms with Gasteiger partial charge >= 0.3 is 0 Å². The number of aromatic nitrogens is 4. The van der Waals surface area contributed by atoms with Crippen molar-refractivity contribution < 1.29 is 9.59 Å². The van der Waals surface area contributed by atoms with Gasteiger partial charge in [-0.1, -0.05) is 0 Å². The quantitative estimate of drug-likeness (QED) is 0.675. The molecule has 144 valence electrons. The van der Waals surface area contributed by atoms with Gasteiger partial charge in [-0.05, 0) is 50.3 Å². The van der Waals surface area contributed by atoms with E-state index >= 15 is 0 Å². The van der Waals surface area contributed by atoms with Gasteiger partial charge in [-0.15, -0.1) is 0 Å². The van der Waals surface area contributed by atoms with Gasteiger partial charge in [0.2, 0.25) is 11.8 Å². The highest BCUT2D eigenvalue weighted by Crippen LogP contribution is 2.24. The molecule has 2 aromatic heterocycles. The Hall–Kier alpha value is -2.77. The molecule has 8 heteroatoms. The fourth-order valence-corrected chi connectivity index (χ4v) is 3.41. The van der Waals surface area contributed by atoms with Gasteiger partial charge in [-0.2, -0.15) is 5.10 Å². The van der Waals surface area contributed by atoms with E-state index < -0.39 is 0 Å². The van der Waals surface area contributed by atoms with Crippen LogP contribution in [0.3, 0.4) is 0 Å². The zero-order valence-electron chi connectivity index (χ0n) is 15.6. The molecule has 2 aromatic rings. The Morgan fingerprint density at radius 3 is 2.59 bits per heavy atom. The first-order valence-electron chi connectivity index (χ1n) is 9.44. The summed E-state index contributed by atoms with van der Waals surface area (Å²) in [7, 11) is 0. The van der Waals surface area contributed by atoms with Crippen LogP contribution in [0, 0.1) is 12.8 Å². The molecule has 0 bridgehead atoms. The second-order valence-corrected chi connectivity index (χ2v) is 7.03. The lowest BCUT2D eigenvalue weighted by Gasteiger charge is -2.28. The number of carbonyl (C=O) groups excluding carboxylic acids is 2. The molecule has 0 atom stereocenters. The van der Waals surface area contributed by atoms with Gasteiger partial charge in [0.1, 0.15) is 5.82 Å². The summed E-state index contributed by atoms with van der Waals surface area (Å²) in [6, 6.07) is 3.85. The largest absolute Gasteiger partial charge is 0.355 e. The molecule has 3 rings (SSSR count). The van der Waals surface area contributed by atoms with Crippen LogP contribution < -0.4 is 10.6 Å². The van der Waals surface area contributed by atoms with E-state index in [2.05, 4.69) is 30.8 Å². The minimum atomic E-state index is 0.0206. The van der Waals surface area contributed by atoms with E-state index in [1.807, 2.05) is 19.1 Å². The summed E-state index contributed by atoms with van der Waals surface area (Å²) in [5.41, 5.74) is 0.956. The van der Waals surface area contributed by atoms with Crippen LogP contribution in [-0.2, 0) is 22.4 Å². The summed E-state index contributed by atoms with van der Waals surface area (Å²) in [6.07, 6.45) is 7.63. The molecule has 0 saturated heterocycles. The second kappa shape index (κ2) is 9.25. The molecule has 1 aliphatic carbocycles. The number of H-pyrrole nitrogens is 1. The highest BCUT2D eigenvalue weighted by molar-refractivity contribution is 5.79. The average Bonchev–Trinajstić information content (AvgIpc) is 3.08. The number of aromatic amines is 1. The molecular formula is C19H26N6O2. The second-order valence-electron chi connectivity index (χ2n) is 7.03. The Morgan fingerprint density at radius 2 is 1.93 bits per heavy atom. The number of hydrogen-bond acceptors (Lipinski definition) is 5. The topological polar surface area (TPSA) is 113 Å². The minimum absolute atomic E-state index is 0.0206. The van der Waals surface area contributed by atoms with Crippen molar-refractivity contribution in [2.75, 3.05) is 6.54 Å². The van der Waals surface area contributed by atoms with E-state index in [-0.39, 0.29) is 23.8 Å². The van der Waals surface area contributed by atoms with E-state index in [1.165, 1.54) is 0 Å². The van der Waals surface area contributed by atoms with Crippen LogP contribution in [0.4, 0.5) is 0 Å². The molecule has 0 unspecified atom stereocenters. The van der Waals surface area contributed by atoms with Crippen molar-refractivity contribution in [1.82, 2.24) is 30.8 Å². The van der Waals surface area contributed by atoms with Gasteiger partial charge in [0, 0.05) is 37.3 Å². The molecule has 2 amide bonds. The van der Waals surface area contributed by atoms with E-state index in [1.54, 1.807) is 12.4 Å². The van der Waals surface area contributed by atoms with Crippen LogP contribution in [-0.4, -0.2) is 44.6 Å². The van der Waals surface area contributed by atoms with Gasteiger partial charge < -0.3 is 10.6 Å². The van der Waals surface area contributed by atoms with E-state index in [9.17, 15) is 9.59 Å². The zero-order valence-corrected chi connectivity index (χ0v) is 15.6. The first kappa shape index (κ1) is 19.0. The Balaban J connectivity index is 1.34. The SMILES string of the molecule is Cc1nc(CCNC(=O)C2CCC(NC(=O)Cc3ccncc3)CC2)n[nH]1. The molecule has 0 spiro atoms. The van der Waals surface area contributed by atoms with E-state index in [4.69, 9.17) is 0 Å². The molecule has 2 heterocycles. The molecule has 0 radical (unpaired) electrons. The number of pyridine rings is 1. The number of nitrogens with one attached hydrogen (secondary N) is 3. The third-order valence-electron chi connectivity index (χ3n) is 4.87. The molecule has 1 fully saturated rings. The number of amides is 2. The third kappa shape index (κ3) is 5.87. The van der Waals surface area contributed by atoms with E-state index in [0.29, 0.717) is 25.2 Å². The lowest BCUT2D eigenvalue weighted by molar-refractivity contribution is -0.126. The first-order chi connectivity index (χ1) is 13.1. The molecule has 8 nitrogen and oxygen atoms in total. The Morgan fingerprint density at radius 1 is 1.19 bits per heavy atom. The Kier molecular flexibility index (Phi) is 6.51. The molecule has 0 aromatic carbocycles. The van der Waals surface area contributed by atoms with Gasteiger partial charge in [-0.25, -0.2) is 4.98 Å². The predicted molar refractivity (Wildman–Crippen MR) is 99.7 cm³/mol. The van der Waals surface area contributed by atoms with Crippen LogP contribution in [0.25, 0.3) is 0 Å². The molecule has 1 aliphatic rings. The van der Waals surface area contributed by atoms with Gasteiger partial charge in [0.05, 0.1) is 6.42 Å². The number of carbonyl (C=O) groups is 2. The predicted octanol–water partition coefficient (Wildman–Crippen LogP) is 1.08. The Bertz CT molecular complexity index is 753. The number of hydrogen-bond donors (Lipinski definition) is 3. The third-order valence-corrected chi connectivity index (χ3v) is 4.87. The average molecular weight is 370 g/mol. The molecule has 1 saturated carbocycles. The van der Waals surface area contributed by atoms with Crippen LogP contribution in [0.15, 0.2) is 24.5 Å². The number of nitrogens with zero attached hydrogens (tertiary/aromatic N) is 3. The van der Waals surface area contributed by atoms with Crippen LogP contribution >= 0.6 is 0 Å². The van der Waals surface area contributed by atoms with Crippen molar-refractivity contribution in [2.24, 2.45) is 5.92 Å². The summed E-state index contributed by atoms with van der Waals surface area (Å²) in [5, 5.41) is 12.9. The van der Waals surface area contributed by atoms with Crippen LogP contribution in [0.5, 0.6) is 0 Å². The first-order valence-corrected chi connectivity index (χ1v) is 9.44. The van der Waals surface area contributed by atoms with Crippen molar-refractivity contribution >= 4 is 11.8 Å². The summed E-state index contributed by atoms with van der Waals surface area (Å²) in [4.78, 5) is 32.6. The fourth-order valence-electron chi connectivity index (χ4n) is 3.41. The summed E-state index contributed by atoms with van der Waals surface area (Å²) in [5.74, 6) is 1.63. The van der Waals surface area contributed by atoms with Crippen molar-refractivity contribution in [1.29, 1.82) is 0 Å². The Labute approximate surface area is 158 Å². The summed E-state index contributed by atoms with van der Waals surface area (Å²) >= 11 is 0. The van der Waals surface area contributed by atoms with Crippen molar-refractivity contribution in [3.63, 3.8) is 0 Å². The van der Waals surface area contributed by atoms with E-state index in [0.717, 1.165) is 37.1 Å². The van der Waals surface area contributed by atoms with Gasteiger partial charge in [0.25, 0.3) is 0 Å². The molecular weight excluding hydrogens is 344 g/mol. The van der Waals surface area contributed by atoms with Gasteiger partial charge in [0.15, 0.2) is 5.82 Å². The standard InChI is InChI=1S/C19H26N6O2/c1-13-22-17(25-24-13)8-11-21-19(27)15-2-4-16(5-3-15)23-18(26)12-14-6-9-20-10-7-14/h6-7,9-10,15-16H,2-5,8,11-12H2,1H3,(H,21,27)(H,23,26)(H,22,24,25). The van der Waals surface area contributed by atoms with Crippen molar-refractivity contribution in [3.8, 4) is 0 Å². The van der Waals surface area contributed by atoms with Crippen molar-refractivity contribution in [3.05, 3.63) is 41.7 Å². The smallest absolute Gasteiger partial charge is 0.224 e. The number of aryl methyl sites for hydroxylation is 1. The summed E-state index contributed by atoms with van der Waals surface area (Å²) < 4.78 is 0.